The molecule has 0 saturated heterocycles. The molecule has 76 heavy (non-hydrogen) atoms. The number of unbranched alkanes of at least 4 members (excludes halogenated alkanes) is 40. The summed E-state index contributed by atoms with van der Waals surface area (Å²) < 4.78 is 16.8. The molecule has 0 aromatic heterocycles. The molecule has 0 aliphatic rings. The molecule has 0 rings (SSSR count). The largest absolute Gasteiger partial charge is 0.462 e. The van der Waals surface area contributed by atoms with Gasteiger partial charge in [-0.25, -0.2) is 0 Å². The van der Waals surface area contributed by atoms with E-state index in [9.17, 15) is 14.4 Å². The summed E-state index contributed by atoms with van der Waals surface area (Å²) >= 11 is 0. The fourth-order valence-corrected chi connectivity index (χ4v) is 9.79. The van der Waals surface area contributed by atoms with Crippen LogP contribution in [0.4, 0.5) is 0 Å². The molecule has 0 heterocycles. The van der Waals surface area contributed by atoms with Crippen molar-refractivity contribution in [1.29, 1.82) is 0 Å². The van der Waals surface area contributed by atoms with E-state index >= 15 is 0 Å². The Morgan fingerprint density at radius 3 is 0.816 bits per heavy atom. The predicted molar refractivity (Wildman–Crippen MR) is 330 cm³/mol. The monoisotopic (exact) mass is 1060 g/mol. The van der Waals surface area contributed by atoms with E-state index in [0.29, 0.717) is 19.3 Å². The Labute approximate surface area is 472 Å². The summed E-state index contributed by atoms with van der Waals surface area (Å²) in [4.78, 5) is 38.0. The van der Waals surface area contributed by atoms with Crippen LogP contribution in [-0.4, -0.2) is 37.2 Å². The van der Waals surface area contributed by atoms with Gasteiger partial charge in [0.15, 0.2) is 6.10 Å². The number of esters is 3. The average molecular weight is 1060 g/mol. The van der Waals surface area contributed by atoms with Crippen LogP contribution in [0, 0.1) is 0 Å². The minimum atomic E-state index is -0.770. The normalized spacial score (nSPS) is 12.4. The molecule has 0 radical (unpaired) electrons. The second-order valence-electron chi connectivity index (χ2n) is 22.4. The average Bonchev–Trinajstić information content (AvgIpc) is 3.42. The van der Waals surface area contributed by atoms with E-state index in [1.54, 1.807) is 0 Å². The Balaban J connectivity index is 3.99. The molecule has 0 aliphatic carbocycles. The summed E-state index contributed by atoms with van der Waals surface area (Å²) in [6, 6.07) is 0. The standard InChI is InChI=1S/C70H126O6/c1-4-7-10-13-16-18-20-22-24-26-28-30-31-32-33-34-35-36-37-38-39-41-42-44-46-48-50-52-54-57-60-63-69(72)75-66-67(65-74-68(71)62-59-56-15-12-9-6-3)76-70(73)64-61-58-55-53-51-49-47-45-43-40-29-27-25-23-21-19-17-14-11-8-5-2/h7,10,16,18,22,24,27-30,67H,4-6,8-9,11-15,17,19-21,23,25-26,31-66H2,1-3H3/b10-7-,18-16-,24-22-,29-27-,30-28-. The molecule has 6 heteroatoms. The van der Waals surface area contributed by atoms with Crippen molar-refractivity contribution in [2.24, 2.45) is 0 Å². The molecule has 0 bridgehead atoms. The van der Waals surface area contributed by atoms with E-state index in [-0.39, 0.29) is 31.1 Å². The van der Waals surface area contributed by atoms with Gasteiger partial charge in [0.2, 0.25) is 0 Å². The minimum absolute atomic E-state index is 0.0704. The summed E-state index contributed by atoms with van der Waals surface area (Å²) in [5, 5.41) is 0. The van der Waals surface area contributed by atoms with Gasteiger partial charge in [0.25, 0.3) is 0 Å². The van der Waals surface area contributed by atoms with Gasteiger partial charge in [0.1, 0.15) is 13.2 Å². The molecule has 0 fully saturated rings. The highest BCUT2D eigenvalue weighted by Crippen LogP contribution is 2.17. The highest BCUT2D eigenvalue weighted by atomic mass is 16.6. The summed E-state index contributed by atoms with van der Waals surface area (Å²) in [6.07, 6.45) is 82.8. The van der Waals surface area contributed by atoms with E-state index in [4.69, 9.17) is 14.2 Å². The number of allylic oxidation sites excluding steroid dienone is 10. The maximum Gasteiger partial charge on any atom is 0.306 e. The second-order valence-corrected chi connectivity index (χ2v) is 22.4. The van der Waals surface area contributed by atoms with Gasteiger partial charge >= 0.3 is 17.9 Å². The Morgan fingerprint density at radius 2 is 0.513 bits per heavy atom. The molecule has 0 N–H and O–H groups in total. The van der Waals surface area contributed by atoms with Gasteiger partial charge in [0, 0.05) is 19.3 Å². The molecule has 1 atom stereocenters. The van der Waals surface area contributed by atoms with Crippen LogP contribution < -0.4 is 0 Å². The van der Waals surface area contributed by atoms with Crippen LogP contribution in [0.1, 0.15) is 348 Å². The first kappa shape index (κ1) is 73.1. The van der Waals surface area contributed by atoms with Crippen LogP contribution in [0.2, 0.25) is 0 Å². The third kappa shape index (κ3) is 62.0. The van der Waals surface area contributed by atoms with E-state index in [2.05, 4.69) is 81.5 Å². The van der Waals surface area contributed by atoms with Crippen LogP contribution in [0.3, 0.4) is 0 Å². The highest BCUT2D eigenvalue weighted by Gasteiger charge is 2.19. The summed E-state index contributed by atoms with van der Waals surface area (Å²) in [7, 11) is 0. The number of hydrogen-bond acceptors (Lipinski definition) is 6. The van der Waals surface area contributed by atoms with Gasteiger partial charge < -0.3 is 14.2 Å². The Morgan fingerprint density at radius 1 is 0.276 bits per heavy atom. The zero-order valence-corrected chi connectivity index (χ0v) is 50.8. The number of rotatable bonds is 61. The predicted octanol–water partition coefficient (Wildman–Crippen LogP) is 22.7. The SMILES string of the molecule is CC/C=C\C/C=C\C/C=C\C/C=C\CCCCCCCCCCCCCCCCCCCCC(=O)OCC(COC(=O)CCCCCCCC)OC(=O)CCCCCCCCCCC/C=C\CCCCCCCCCC. The molecule has 0 aliphatic heterocycles. The van der Waals surface area contributed by atoms with E-state index in [0.717, 1.165) is 83.5 Å². The van der Waals surface area contributed by atoms with E-state index in [1.807, 2.05) is 0 Å². The Bertz CT molecular complexity index is 1360. The van der Waals surface area contributed by atoms with E-state index < -0.39 is 6.10 Å². The van der Waals surface area contributed by atoms with Gasteiger partial charge in [-0.15, -0.1) is 0 Å². The fraction of sp³-hybridized carbons (Fsp3) is 0.814. The molecule has 0 aromatic rings. The molecule has 6 nitrogen and oxygen atoms in total. The molecule has 442 valence electrons. The van der Waals surface area contributed by atoms with Crippen molar-refractivity contribution in [2.75, 3.05) is 13.2 Å². The van der Waals surface area contributed by atoms with Gasteiger partial charge in [-0.2, -0.15) is 0 Å². The number of ether oxygens (including phenoxy) is 3. The lowest BCUT2D eigenvalue weighted by atomic mass is 10.0. The number of carbonyl (C=O) groups is 3. The molecule has 1 unspecified atom stereocenters. The van der Waals surface area contributed by atoms with E-state index in [1.165, 1.54) is 225 Å². The summed E-state index contributed by atoms with van der Waals surface area (Å²) in [6.45, 7) is 6.51. The van der Waals surface area contributed by atoms with Gasteiger partial charge in [-0.05, 0) is 83.5 Å². The van der Waals surface area contributed by atoms with Crippen LogP contribution in [0.25, 0.3) is 0 Å². The molecule has 0 aromatic carbocycles. The zero-order chi connectivity index (χ0) is 55.0. The van der Waals surface area contributed by atoms with Gasteiger partial charge in [-0.1, -0.05) is 306 Å². The molecular weight excluding hydrogens is 937 g/mol. The lowest BCUT2D eigenvalue weighted by molar-refractivity contribution is -0.167. The van der Waals surface area contributed by atoms with Crippen molar-refractivity contribution in [3.05, 3.63) is 60.8 Å². The second kappa shape index (κ2) is 64.6. The quantitative estimate of drug-likeness (QED) is 0.0261. The lowest BCUT2D eigenvalue weighted by Gasteiger charge is -2.18. The summed E-state index contributed by atoms with van der Waals surface area (Å²) in [5.74, 6) is -0.863. The fourth-order valence-electron chi connectivity index (χ4n) is 9.79. The van der Waals surface area contributed by atoms with Crippen LogP contribution >= 0.6 is 0 Å². The van der Waals surface area contributed by atoms with Gasteiger partial charge in [-0.3, -0.25) is 14.4 Å². The lowest BCUT2D eigenvalue weighted by Crippen LogP contribution is -2.30. The third-order valence-corrected chi connectivity index (χ3v) is 14.8. The molecule has 0 amide bonds. The zero-order valence-electron chi connectivity index (χ0n) is 50.8. The van der Waals surface area contributed by atoms with Crippen LogP contribution in [0.5, 0.6) is 0 Å². The molecular formula is C70H126O6. The maximum absolute atomic E-state index is 12.8. The van der Waals surface area contributed by atoms with Crippen molar-refractivity contribution < 1.29 is 28.6 Å². The van der Waals surface area contributed by atoms with Crippen LogP contribution in [-0.2, 0) is 28.6 Å². The van der Waals surface area contributed by atoms with Crippen molar-refractivity contribution in [3.8, 4) is 0 Å². The first-order valence-electron chi connectivity index (χ1n) is 33.3. The smallest absolute Gasteiger partial charge is 0.306 e. The third-order valence-electron chi connectivity index (χ3n) is 14.8. The number of hydrogen-bond donors (Lipinski definition) is 0. The molecule has 0 spiro atoms. The highest BCUT2D eigenvalue weighted by molar-refractivity contribution is 5.71. The van der Waals surface area contributed by atoms with Crippen molar-refractivity contribution in [2.45, 2.75) is 354 Å². The first-order chi connectivity index (χ1) is 37.5. The van der Waals surface area contributed by atoms with Crippen LogP contribution in [0.15, 0.2) is 60.8 Å². The topological polar surface area (TPSA) is 78.9 Å². The molecule has 0 saturated carbocycles. The minimum Gasteiger partial charge on any atom is -0.462 e. The van der Waals surface area contributed by atoms with Gasteiger partial charge in [0.05, 0.1) is 0 Å². The Kier molecular flexibility index (Phi) is 62.2. The Hall–Kier alpha value is -2.89. The first-order valence-corrected chi connectivity index (χ1v) is 33.3. The van der Waals surface area contributed by atoms with Crippen molar-refractivity contribution >= 4 is 17.9 Å². The van der Waals surface area contributed by atoms with Crippen molar-refractivity contribution in [1.82, 2.24) is 0 Å². The maximum atomic E-state index is 12.8. The summed E-state index contributed by atoms with van der Waals surface area (Å²) in [5.41, 5.74) is 0. The van der Waals surface area contributed by atoms with Crippen molar-refractivity contribution in [3.63, 3.8) is 0 Å². The number of carbonyl (C=O) groups excluding carboxylic acids is 3.